The maximum atomic E-state index is 11.9. The van der Waals surface area contributed by atoms with E-state index < -0.39 is 5.91 Å². The molecule has 0 unspecified atom stereocenters. The van der Waals surface area contributed by atoms with Crippen LogP contribution < -0.4 is 5.43 Å². The van der Waals surface area contributed by atoms with Crippen molar-refractivity contribution < 1.29 is 15.0 Å². The number of aromatic amines is 1. The molecule has 0 atom stereocenters. The van der Waals surface area contributed by atoms with Gasteiger partial charge in [-0.25, -0.2) is 5.43 Å². The Hall–Kier alpha value is -3.13. The van der Waals surface area contributed by atoms with E-state index in [1.54, 1.807) is 23.5 Å². The molecule has 0 saturated heterocycles. The summed E-state index contributed by atoms with van der Waals surface area (Å²) in [7, 11) is 0. The van der Waals surface area contributed by atoms with Gasteiger partial charge in [-0.1, -0.05) is 6.07 Å². The first-order valence-corrected chi connectivity index (χ1v) is 7.46. The van der Waals surface area contributed by atoms with Crippen molar-refractivity contribution in [1.29, 1.82) is 0 Å². The van der Waals surface area contributed by atoms with E-state index in [0.717, 1.165) is 10.6 Å². The molecule has 1 amide bonds. The standard InChI is InChI=1S/C15H12N4O3S/c20-12-4-3-9(6-13(12)21)8-16-19-15(22)11-7-10(17-18-11)14-2-1-5-23-14/h1-8,20-21H,(H,17,18)(H,19,22)/b16-8-. The van der Waals surface area contributed by atoms with E-state index in [1.165, 1.54) is 18.3 Å². The normalized spacial score (nSPS) is 11.0. The molecule has 0 fully saturated rings. The number of phenols is 2. The largest absolute Gasteiger partial charge is 0.504 e. The van der Waals surface area contributed by atoms with Crippen molar-refractivity contribution >= 4 is 23.5 Å². The van der Waals surface area contributed by atoms with Gasteiger partial charge in [-0.3, -0.25) is 9.89 Å². The lowest BCUT2D eigenvalue weighted by atomic mass is 10.2. The first-order chi connectivity index (χ1) is 11.1. The minimum Gasteiger partial charge on any atom is -0.504 e. The number of benzene rings is 1. The Kier molecular flexibility index (Phi) is 4.07. The quantitative estimate of drug-likeness (QED) is 0.334. The van der Waals surface area contributed by atoms with Crippen molar-refractivity contribution in [3.8, 4) is 22.1 Å². The number of thiophene rings is 1. The number of hydrogen-bond donors (Lipinski definition) is 4. The maximum absolute atomic E-state index is 11.9. The van der Waals surface area contributed by atoms with Crippen molar-refractivity contribution in [2.45, 2.75) is 0 Å². The molecule has 0 saturated carbocycles. The number of carbonyl (C=O) groups excluding carboxylic acids is 1. The van der Waals surface area contributed by atoms with Crippen LogP contribution in [-0.2, 0) is 0 Å². The summed E-state index contributed by atoms with van der Waals surface area (Å²) in [5, 5.41) is 31.1. The first kappa shape index (κ1) is 14.8. The molecule has 116 valence electrons. The number of rotatable bonds is 4. The summed E-state index contributed by atoms with van der Waals surface area (Å²) < 4.78 is 0. The molecule has 2 heterocycles. The third kappa shape index (κ3) is 3.38. The number of nitrogens with zero attached hydrogens (tertiary/aromatic N) is 2. The Labute approximate surface area is 134 Å². The predicted molar refractivity (Wildman–Crippen MR) is 86.7 cm³/mol. The van der Waals surface area contributed by atoms with E-state index in [0.29, 0.717) is 5.56 Å². The lowest BCUT2D eigenvalue weighted by Gasteiger charge is -1.98. The van der Waals surface area contributed by atoms with Crippen LogP contribution in [0.2, 0.25) is 0 Å². The molecule has 0 aliphatic heterocycles. The monoisotopic (exact) mass is 328 g/mol. The van der Waals surface area contributed by atoms with Crippen LogP contribution >= 0.6 is 11.3 Å². The molecule has 3 rings (SSSR count). The Morgan fingerprint density at radius 3 is 2.87 bits per heavy atom. The molecule has 23 heavy (non-hydrogen) atoms. The highest BCUT2D eigenvalue weighted by atomic mass is 32.1. The second-order valence-corrected chi connectivity index (χ2v) is 5.54. The fourth-order valence-electron chi connectivity index (χ4n) is 1.84. The van der Waals surface area contributed by atoms with Gasteiger partial charge in [0.2, 0.25) is 0 Å². The molecule has 7 nitrogen and oxygen atoms in total. The van der Waals surface area contributed by atoms with Gasteiger partial charge in [0.25, 0.3) is 5.91 Å². The fourth-order valence-corrected chi connectivity index (χ4v) is 2.53. The van der Waals surface area contributed by atoms with E-state index in [4.69, 9.17) is 0 Å². The number of H-pyrrole nitrogens is 1. The summed E-state index contributed by atoms with van der Waals surface area (Å²) >= 11 is 1.54. The first-order valence-electron chi connectivity index (χ1n) is 6.58. The van der Waals surface area contributed by atoms with Gasteiger partial charge in [0.05, 0.1) is 16.8 Å². The van der Waals surface area contributed by atoms with Gasteiger partial charge in [0.1, 0.15) is 0 Å². The minimum absolute atomic E-state index is 0.219. The fraction of sp³-hybridized carbons (Fsp3) is 0. The zero-order valence-electron chi connectivity index (χ0n) is 11.7. The van der Waals surface area contributed by atoms with Crippen molar-refractivity contribution in [3.05, 3.63) is 53.0 Å². The van der Waals surface area contributed by atoms with Gasteiger partial charge < -0.3 is 10.2 Å². The highest BCUT2D eigenvalue weighted by Gasteiger charge is 2.11. The Balaban J connectivity index is 1.65. The Morgan fingerprint density at radius 2 is 2.13 bits per heavy atom. The molecule has 0 aliphatic rings. The summed E-state index contributed by atoms with van der Waals surface area (Å²) in [6.45, 7) is 0. The average molecular weight is 328 g/mol. The van der Waals surface area contributed by atoms with Crippen molar-refractivity contribution in [2.75, 3.05) is 0 Å². The third-order valence-corrected chi connectivity index (χ3v) is 3.88. The summed E-state index contributed by atoms with van der Waals surface area (Å²) in [6.07, 6.45) is 1.35. The van der Waals surface area contributed by atoms with E-state index in [-0.39, 0.29) is 17.2 Å². The smallest absolute Gasteiger partial charge is 0.291 e. The Bertz CT molecular complexity index is 855. The zero-order valence-corrected chi connectivity index (χ0v) is 12.5. The molecule has 0 spiro atoms. The van der Waals surface area contributed by atoms with E-state index in [9.17, 15) is 15.0 Å². The molecule has 3 aromatic rings. The molecular weight excluding hydrogens is 316 g/mol. The summed E-state index contributed by atoms with van der Waals surface area (Å²) in [5.41, 5.74) is 3.86. The maximum Gasteiger partial charge on any atom is 0.291 e. The van der Waals surface area contributed by atoms with Crippen molar-refractivity contribution in [2.24, 2.45) is 5.10 Å². The van der Waals surface area contributed by atoms with Gasteiger partial charge in [0, 0.05) is 0 Å². The third-order valence-electron chi connectivity index (χ3n) is 2.98. The van der Waals surface area contributed by atoms with Gasteiger partial charge in [-0.2, -0.15) is 10.2 Å². The minimum atomic E-state index is -0.455. The molecule has 1 aromatic carbocycles. The van der Waals surface area contributed by atoms with Crippen LogP contribution in [0, 0.1) is 0 Å². The van der Waals surface area contributed by atoms with Gasteiger partial charge in [0.15, 0.2) is 17.2 Å². The van der Waals surface area contributed by atoms with Crippen molar-refractivity contribution in [1.82, 2.24) is 15.6 Å². The lowest BCUT2D eigenvalue weighted by Crippen LogP contribution is -2.17. The number of amides is 1. The van der Waals surface area contributed by atoms with E-state index in [1.807, 2.05) is 17.5 Å². The van der Waals surface area contributed by atoms with Crippen LogP contribution in [0.25, 0.3) is 10.6 Å². The number of phenolic OH excluding ortho intramolecular Hbond substituents is 2. The number of aromatic hydroxyl groups is 2. The highest BCUT2D eigenvalue weighted by Crippen LogP contribution is 2.24. The van der Waals surface area contributed by atoms with Gasteiger partial charge in [-0.05, 0) is 41.3 Å². The van der Waals surface area contributed by atoms with Gasteiger partial charge in [-0.15, -0.1) is 11.3 Å². The number of nitrogens with one attached hydrogen (secondary N) is 2. The molecule has 8 heteroatoms. The number of aromatic nitrogens is 2. The molecular formula is C15H12N4O3S. The van der Waals surface area contributed by atoms with Crippen LogP contribution in [0.15, 0.2) is 46.9 Å². The predicted octanol–water partition coefficient (Wildman–Crippen LogP) is 2.31. The molecule has 2 aromatic heterocycles. The highest BCUT2D eigenvalue weighted by molar-refractivity contribution is 7.13. The van der Waals surface area contributed by atoms with Crippen LogP contribution in [0.3, 0.4) is 0 Å². The van der Waals surface area contributed by atoms with Crippen LogP contribution in [0.5, 0.6) is 11.5 Å². The summed E-state index contributed by atoms with van der Waals surface area (Å²) in [5.74, 6) is -0.930. The zero-order chi connectivity index (χ0) is 16.2. The van der Waals surface area contributed by atoms with Gasteiger partial charge >= 0.3 is 0 Å². The summed E-state index contributed by atoms with van der Waals surface area (Å²) in [4.78, 5) is 12.9. The average Bonchev–Trinajstić information content (AvgIpc) is 3.20. The molecule has 4 N–H and O–H groups in total. The topological polar surface area (TPSA) is 111 Å². The second-order valence-electron chi connectivity index (χ2n) is 4.59. The SMILES string of the molecule is O=C(N/N=C\c1ccc(O)c(O)c1)c1cc(-c2cccs2)[nH]n1. The second kappa shape index (κ2) is 6.32. The van der Waals surface area contributed by atoms with Crippen LogP contribution in [0.4, 0.5) is 0 Å². The summed E-state index contributed by atoms with van der Waals surface area (Å²) in [6, 6.07) is 9.69. The Morgan fingerprint density at radius 1 is 1.26 bits per heavy atom. The molecule has 0 radical (unpaired) electrons. The van der Waals surface area contributed by atoms with Crippen molar-refractivity contribution in [3.63, 3.8) is 0 Å². The molecule has 0 bridgehead atoms. The number of carbonyl (C=O) groups is 1. The van der Waals surface area contributed by atoms with Crippen LogP contribution in [-0.4, -0.2) is 32.5 Å². The lowest BCUT2D eigenvalue weighted by molar-refractivity contribution is 0.0950. The molecule has 0 aliphatic carbocycles. The van der Waals surface area contributed by atoms with E-state index >= 15 is 0 Å². The van der Waals surface area contributed by atoms with E-state index in [2.05, 4.69) is 20.7 Å². The van der Waals surface area contributed by atoms with Crippen LogP contribution in [0.1, 0.15) is 16.1 Å². The number of hydrogen-bond acceptors (Lipinski definition) is 6. The number of hydrazone groups is 1.